The Morgan fingerprint density at radius 3 is 2.08 bits per heavy atom. The Morgan fingerprint density at radius 1 is 1.62 bits per heavy atom. The summed E-state index contributed by atoms with van der Waals surface area (Å²) in [5, 5.41) is 24.2. The summed E-state index contributed by atoms with van der Waals surface area (Å²) in [7, 11) is 0. The van der Waals surface area contributed by atoms with Crippen molar-refractivity contribution in [1.29, 1.82) is 5.26 Å². The SMILES string of the molecule is C=CC.N#CC(CC(=O)O)C(=O)O. The van der Waals surface area contributed by atoms with Gasteiger partial charge in [-0.2, -0.15) is 5.26 Å². The van der Waals surface area contributed by atoms with Gasteiger partial charge < -0.3 is 10.2 Å². The van der Waals surface area contributed by atoms with Gasteiger partial charge in [0.15, 0.2) is 5.92 Å². The summed E-state index contributed by atoms with van der Waals surface area (Å²) in [6, 6.07) is 1.35. The van der Waals surface area contributed by atoms with Crippen molar-refractivity contribution in [3.63, 3.8) is 0 Å². The highest BCUT2D eigenvalue weighted by molar-refractivity contribution is 5.79. The van der Waals surface area contributed by atoms with Gasteiger partial charge in [-0.3, -0.25) is 9.59 Å². The Morgan fingerprint density at radius 2 is 2.00 bits per heavy atom. The van der Waals surface area contributed by atoms with Gasteiger partial charge in [-0.15, -0.1) is 6.58 Å². The number of carboxylic acids is 2. The molecule has 1 unspecified atom stereocenters. The third-order valence-corrected chi connectivity index (χ3v) is 0.833. The maximum Gasteiger partial charge on any atom is 0.321 e. The zero-order chi connectivity index (χ0) is 10.9. The highest BCUT2D eigenvalue weighted by atomic mass is 16.4. The molecule has 0 aliphatic heterocycles. The summed E-state index contributed by atoms with van der Waals surface area (Å²) in [5.41, 5.74) is 0. The van der Waals surface area contributed by atoms with Crippen LogP contribution in [0.15, 0.2) is 12.7 Å². The molecule has 0 aliphatic carbocycles. The molecule has 0 aliphatic rings. The molecular weight excluding hydrogens is 174 g/mol. The van der Waals surface area contributed by atoms with E-state index in [0.717, 1.165) is 0 Å². The highest BCUT2D eigenvalue weighted by Gasteiger charge is 2.19. The minimum atomic E-state index is -1.43. The molecular formula is C8H11NO4. The van der Waals surface area contributed by atoms with Crippen molar-refractivity contribution in [3.05, 3.63) is 12.7 Å². The first kappa shape index (κ1) is 13.7. The molecule has 0 amide bonds. The first-order chi connectivity index (χ1) is 5.99. The van der Waals surface area contributed by atoms with Gasteiger partial charge >= 0.3 is 11.9 Å². The Hall–Kier alpha value is -1.83. The molecule has 0 saturated carbocycles. The lowest BCUT2D eigenvalue weighted by Crippen LogP contribution is -2.15. The van der Waals surface area contributed by atoms with Crippen LogP contribution in [-0.2, 0) is 9.59 Å². The molecule has 5 heteroatoms. The van der Waals surface area contributed by atoms with Crippen molar-refractivity contribution in [2.45, 2.75) is 13.3 Å². The first-order valence-electron chi connectivity index (χ1n) is 3.40. The summed E-state index contributed by atoms with van der Waals surface area (Å²) < 4.78 is 0. The molecule has 1 atom stereocenters. The third-order valence-electron chi connectivity index (χ3n) is 0.833. The van der Waals surface area contributed by atoms with E-state index in [1.165, 1.54) is 6.07 Å². The fraction of sp³-hybridized carbons (Fsp3) is 0.375. The number of hydrogen-bond acceptors (Lipinski definition) is 3. The largest absolute Gasteiger partial charge is 0.481 e. The second-order valence-corrected chi connectivity index (χ2v) is 2.03. The van der Waals surface area contributed by atoms with Gasteiger partial charge in [0.2, 0.25) is 0 Å². The van der Waals surface area contributed by atoms with Crippen molar-refractivity contribution in [2.24, 2.45) is 5.92 Å². The van der Waals surface area contributed by atoms with Crippen LogP contribution in [0.5, 0.6) is 0 Å². The van der Waals surface area contributed by atoms with Crippen molar-refractivity contribution in [3.8, 4) is 6.07 Å². The van der Waals surface area contributed by atoms with E-state index in [0.29, 0.717) is 0 Å². The number of aliphatic carboxylic acids is 2. The van der Waals surface area contributed by atoms with Gasteiger partial charge in [-0.25, -0.2) is 0 Å². The molecule has 13 heavy (non-hydrogen) atoms. The van der Waals surface area contributed by atoms with E-state index in [1.54, 1.807) is 6.08 Å². The van der Waals surface area contributed by atoms with Crippen LogP contribution >= 0.6 is 0 Å². The van der Waals surface area contributed by atoms with Crippen LogP contribution < -0.4 is 0 Å². The minimum Gasteiger partial charge on any atom is -0.481 e. The number of rotatable bonds is 3. The van der Waals surface area contributed by atoms with Crippen molar-refractivity contribution in [2.75, 3.05) is 0 Å². The molecule has 0 saturated heterocycles. The smallest absolute Gasteiger partial charge is 0.321 e. The number of hydrogen-bond donors (Lipinski definition) is 2. The maximum atomic E-state index is 9.98. The molecule has 5 nitrogen and oxygen atoms in total. The molecule has 2 N–H and O–H groups in total. The second kappa shape index (κ2) is 8.27. The van der Waals surface area contributed by atoms with Gasteiger partial charge in [-0.05, 0) is 6.92 Å². The number of nitrogens with zero attached hydrogens (tertiary/aromatic N) is 1. The first-order valence-corrected chi connectivity index (χ1v) is 3.40. The Bertz CT molecular complexity index is 229. The number of carboxylic acid groups (broad SMARTS) is 2. The maximum absolute atomic E-state index is 9.98. The molecule has 0 heterocycles. The van der Waals surface area contributed by atoms with E-state index in [-0.39, 0.29) is 0 Å². The van der Waals surface area contributed by atoms with Crippen LogP contribution in [0.1, 0.15) is 13.3 Å². The molecule has 0 rings (SSSR count). The summed E-state index contributed by atoms with van der Waals surface area (Å²) in [6.45, 7) is 5.25. The van der Waals surface area contributed by atoms with E-state index in [2.05, 4.69) is 6.58 Å². The second-order valence-electron chi connectivity index (χ2n) is 2.03. The Kier molecular flexibility index (Phi) is 8.74. The predicted molar refractivity (Wildman–Crippen MR) is 44.9 cm³/mol. The van der Waals surface area contributed by atoms with Crippen LogP contribution in [0.2, 0.25) is 0 Å². The molecule has 0 bridgehead atoms. The van der Waals surface area contributed by atoms with Gasteiger partial charge in [0.05, 0.1) is 12.5 Å². The van der Waals surface area contributed by atoms with Gasteiger partial charge in [0.1, 0.15) is 0 Å². The van der Waals surface area contributed by atoms with Gasteiger partial charge in [0.25, 0.3) is 0 Å². The Labute approximate surface area is 75.9 Å². The van der Waals surface area contributed by atoms with Crippen LogP contribution in [0.3, 0.4) is 0 Å². The quantitative estimate of drug-likeness (QED) is 0.636. The predicted octanol–water partition coefficient (Wildman–Crippen LogP) is 0.878. The number of allylic oxidation sites excluding steroid dienone is 1. The average molecular weight is 185 g/mol. The lowest BCUT2D eigenvalue weighted by molar-refractivity contribution is -0.146. The fourth-order valence-electron chi connectivity index (χ4n) is 0.363. The fourth-order valence-corrected chi connectivity index (χ4v) is 0.363. The van der Waals surface area contributed by atoms with Gasteiger partial charge in [0, 0.05) is 0 Å². The average Bonchev–Trinajstić information content (AvgIpc) is 2.00. The van der Waals surface area contributed by atoms with E-state index < -0.39 is 24.3 Å². The summed E-state index contributed by atoms with van der Waals surface area (Å²) >= 11 is 0. The Balaban J connectivity index is 0. The van der Waals surface area contributed by atoms with Crippen LogP contribution in [-0.4, -0.2) is 22.2 Å². The van der Waals surface area contributed by atoms with E-state index >= 15 is 0 Å². The molecule has 0 fully saturated rings. The third kappa shape index (κ3) is 10.2. The van der Waals surface area contributed by atoms with E-state index in [1.807, 2.05) is 6.92 Å². The molecule has 0 aromatic carbocycles. The van der Waals surface area contributed by atoms with Crippen LogP contribution in [0.4, 0.5) is 0 Å². The van der Waals surface area contributed by atoms with Crippen LogP contribution in [0, 0.1) is 17.2 Å². The van der Waals surface area contributed by atoms with Gasteiger partial charge in [-0.1, -0.05) is 6.08 Å². The molecule has 0 aromatic heterocycles. The van der Waals surface area contributed by atoms with E-state index in [4.69, 9.17) is 15.5 Å². The van der Waals surface area contributed by atoms with E-state index in [9.17, 15) is 9.59 Å². The number of nitriles is 1. The molecule has 0 aromatic rings. The summed E-state index contributed by atoms with van der Waals surface area (Å²) in [4.78, 5) is 19.8. The molecule has 0 spiro atoms. The zero-order valence-corrected chi connectivity index (χ0v) is 7.23. The molecule has 72 valence electrons. The standard InChI is InChI=1S/C5H5NO4.C3H6/c6-2-3(5(9)10)1-4(7)8;1-3-2/h3H,1H2,(H,7,8)(H,9,10);3H,1H2,2H3. The minimum absolute atomic E-state index is 0.647. The lowest BCUT2D eigenvalue weighted by Gasteiger charge is -1.95. The summed E-state index contributed by atoms with van der Waals surface area (Å²) in [6.07, 6.45) is 1.10. The highest BCUT2D eigenvalue weighted by Crippen LogP contribution is 2.00. The monoisotopic (exact) mass is 185 g/mol. The normalized spacial score (nSPS) is 9.85. The number of carbonyl (C=O) groups is 2. The van der Waals surface area contributed by atoms with Crippen molar-refractivity contribution < 1.29 is 19.8 Å². The van der Waals surface area contributed by atoms with Crippen molar-refractivity contribution in [1.82, 2.24) is 0 Å². The zero-order valence-electron chi connectivity index (χ0n) is 7.23. The lowest BCUT2D eigenvalue weighted by atomic mass is 10.1. The van der Waals surface area contributed by atoms with Crippen molar-refractivity contribution >= 4 is 11.9 Å². The van der Waals surface area contributed by atoms with Crippen LogP contribution in [0.25, 0.3) is 0 Å². The topological polar surface area (TPSA) is 98.4 Å². The summed E-state index contributed by atoms with van der Waals surface area (Å²) in [5.74, 6) is -4.11. The molecule has 0 radical (unpaired) electrons.